The Morgan fingerprint density at radius 1 is 1.13 bits per heavy atom. The molecule has 0 aliphatic heterocycles. The van der Waals surface area contributed by atoms with E-state index in [-0.39, 0.29) is 25.0 Å². The minimum Gasteiger partial charge on any atom is -0.497 e. The molecule has 0 unspecified atom stereocenters. The van der Waals surface area contributed by atoms with Gasteiger partial charge in [0.25, 0.3) is 0 Å². The molecule has 2 N–H and O–H groups in total. The Morgan fingerprint density at radius 2 is 1.83 bits per heavy atom. The Hall–Kier alpha value is -1.95. The van der Waals surface area contributed by atoms with Gasteiger partial charge in [0.1, 0.15) is 11.6 Å². The molecular formula is C18H22FNO3. The summed E-state index contributed by atoms with van der Waals surface area (Å²) in [6.07, 6.45) is -0.831. The summed E-state index contributed by atoms with van der Waals surface area (Å²) in [5.41, 5.74) is 1.44. The predicted molar refractivity (Wildman–Crippen MR) is 86.8 cm³/mol. The van der Waals surface area contributed by atoms with Gasteiger partial charge in [0.2, 0.25) is 0 Å². The van der Waals surface area contributed by atoms with Gasteiger partial charge < -0.3 is 14.9 Å². The van der Waals surface area contributed by atoms with E-state index in [0.717, 1.165) is 11.3 Å². The number of benzene rings is 2. The highest BCUT2D eigenvalue weighted by molar-refractivity contribution is 5.29. The molecule has 2 aromatic rings. The van der Waals surface area contributed by atoms with Crippen LogP contribution in [0.2, 0.25) is 0 Å². The van der Waals surface area contributed by atoms with Crippen LogP contribution in [0.25, 0.3) is 0 Å². The third-order valence-electron chi connectivity index (χ3n) is 3.90. The van der Waals surface area contributed by atoms with Crippen molar-refractivity contribution in [3.63, 3.8) is 0 Å². The Balaban J connectivity index is 2.08. The van der Waals surface area contributed by atoms with Crippen LogP contribution in [0.5, 0.6) is 5.75 Å². The van der Waals surface area contributed by atoms with Crippen molar-refractivity contribution in [2.45, 2.75) is 12.1 Å². The van der Waals surface area contributed by atoms with E-state index in [0.29, 0.717) is 5.56 Å². The minimum atomic E-state index is -0.831. The Kier molecular flexibility index (Phi) is 6.10. The highest BCUT2D eigenvalue weighted by atomic mass is 19.1. The molecule has 0 aromatic heterocycles. The molecule has 124 valence electrons. The van der Waals surface area contributed by atoms with Gasteiger partial charge in [-0.15, -0.1) is 0 Å². The minimum absolute atomic E-state index is 0.0846. The highest BCUT2D eigenvalue weighted by Crippen LogP contribution is 2.24. The Morgan fingerprint density at radius 3 is 2.39 bits per heavy atom. The molecule has 0 spiro atoms. The number of nitrogens with zero attached hydrogens (tertiary/aromatic N) is 1. The smallest absolute Gasteiger partial charge is 0.123 e. The average Bonchev–Trinajstić information content (AvgIpc) is 2.56. The fourth-order valence-electron chi connectivity index (χ4n) is 2.54. The average molecular weight is 319 g/mol. The first kappa shape index (κ1) is 17.4. The second-order valence-electron chi connectivity index (χ2n) is 5.48. The van der Waals surface area contributed by atoms with E-state index in [9.17, 15) is 14.6 Å². The zero-order valence-corrected chi connectivity index (χ0v) is 13.3. The lowest BCUT2D eigenvalue weighted by atomic mass is 10.0. The fraction of sp³-hybridized carbons (Fsp3) is 0.333. The molecule has 5 heteroatoms. The standard InChI is InChI=1S/C18H22FNO3/c1-20(11-18(22)14-4-3-5-15(19)10-14)17(12-21)13-6-8-16(23-2)9-7-13/h3-10,17-18,21-22H,11-12H2,1-2H3/t17-,18-/m1/s1. The number of hydrogen-bond donors (Lipinski definition) is 2. The normalized spacial score (nSPS) is 13.8. The van der Waals surface area contributed by atoms with E-state index in [2.05, 4.69) is 0 Å². The molecular weight excluding hydrogens is 297 g/mol. The van der Waals surface area contributed by atoms with Crippen molar-refractivity contribution in [1.29, 1.82) is 0 Å². The predicted octanol–water partition coefficient (Wildman–Crippen LogP) is 2.53. The van der Waals surface area contributed by atoms with Gasteiger partial charge in [-0.1, -0.05) is 24.3 Å². The van der Waals surface area contributed by atoms with Crippen molar-refractivity contribution in [3.05, 3.63) is 65.5 Å². The van der Waals surface area contributed by atoms with Crippen LogP contribution in [0, 0.1) is 5.82 Å². The van der Waals surface area contributed by atoms with Crippen molar-refractivity contribution < 1.29 is 19.3 Å². The van der Waals surface area contributed by atoms with Gasteiger partial charge in [-0.3, -0.25) is 4.90 Å². The van der Waals surface area contributed by atoms with E-state index < -0.39 is 6.10 Å². The van der Waals surface area contributed by atoms with Gasteiger partial charge in [-0.25, -0.2) is 4.39 Å². The van der Waals surface area contributed by atoms with Crippen LogP contribution in [0.15, 0.2) is 48.5 Å². The number of hydrogen-bond acceptors (Lipinski definition) is 4. The first-order valence-corrected chi connectivity index (χ1v) is 7.43. The molecule has 0 heterocycles. The summed E-state index contributed by atoms with van der Waals surface area (Å²) in [4.78, 5) is 1.84. The van der Waals surface area contributed by atoms with E-state index in [4.69, 9.17) is 4.74 Å². The molecule has 0 saturated heterocycles. The molecule has 0 amide bonds. The number of halogens is 1. The van der Waals surface area contributed by atoms with Crippen LogP contribution >= 0.6 is 0 Å². The van der Waals surface area contributed by atoms with Crippen LogP contribution in [0.4, 0.5) is 4.39 Å². The fourth-order valence-corrected chi connectivity index (χ4v) is 2.54. The van der Waals surface area contributed by atoms with Crippen LogP contribution in [0.1, 0.15) is 23.3 Å². The van der Waals surface area contributed by atoms with E-state index >= 15 is 0 Å². The van der Waals surface area contributed by atoms with Crippen molar-refractivity contribution in [1.82, 2.24) is 4.90 Å². The largest absolute Gasteiger partial charge is 0.497 e. The van der Waals surface area contributed by atoms with Gasteiger partial charge in [-0.2, -0.15) is 0 Å². The van der Waals surface area contributed by atoms with Crippen LogP contribution in [-0.2, 0) is 0 Å². The van der Waals surface area contributed by atoms with E-state index in [1.165, 1.54) is 12.1 Å². The maximum Gasteiger partial charge on any atom is 0.123 e. The van der Waals surface area contributed by atoms with Crippen molar-refractivity contribution in [3.8, 4) is 5.75 Å². The molecule has 4 nitrogen and oxygen atoms in total. The number of likely N-dealkylation sites (N-methyl/N-ethyl adjacent to an activating group) is 1. The molecule has 2 rings (SSSR count). The molecule has 2 aromatic carbocycles. The van der Waals surface area contributed by atoms with Crippen LogP contribution < -0.4 is 4.74 Å². The van der Waals surface area contributed by atoms with Crippen LogP contribution in [0.3, 0.4) is 0 Å². The zero-order valence-electron chi connectivity index (χ0n) is 13.3. The first-order chi connectivity index (χ1) is 11.0. The monoisotopic (exact) mass is 319 g/mol. The summed E-state index contributed by atoms with van der Waals surface area (Å²) in [6.45, 7) is 0.194. The lowest BCUT2D eigenvalue weighted by Crippen LogP contribution is -2.31. The van der Waals surface area contributed by atoms with Gasteiger partial charge >= 0.3 is 0 Å². The maximum absolute atomic E-state index is 13.2. The van der Waals surface area contributed by atoms with Gasteiger partial charge in [0.15, 0.2) is 0 Å². The Bertz CT molecular complexity index is 618. The summed E-state index contributed by atoms with van der Waals surface area (Å²) in [7, 11) is 3.41. The molecule has 0 fully saturated rings. The number of rotatable bonds is 7. The lowest BCUT2D eigenvalue weighted by molar-refractivity contribution is 0.0794. The second kappa shape index (κ2) is 8.06. The molecule has 0 bridgehead atoms. The van der Waals surface area contributed by atoms with Crippen molar-refractivity contribution >= 4 is 0 Å². The topological polar surface area (TPSA) is 52.9 Å². The molecule has 0 aliphatic carbocycles. The summed E-state index contributed by atoms with van der Waals surface area (Å²) < 4.78 is 18.4. The molecule has 0 saturated carbocycles. The third kappa shape index (κ3) is 4.51. The van der Waals surface area contributed by atoms with E-state index in [1.807, 2.05) is 36.2 Å². The van der Waals surface area contributed by atoms with Crippen molar-refractivity contribution in [2.75, 3.05) is 27.3 Å². The summed E-state index contributed by atoms with van der Waals surface area (Å²) >= 11 is 0. The molecule has 23 heavy (non-hydrogen) atoms. The highest BCUT2D eigenvalue weighted by Gasteiger charge is 2.20. The summed E-state index contributed by atoms with van der Waals surface area (Å²) in [6, 6.07) is 13.1. The van der Waals surface area contributed by atoms with Crippen LogP contribution in [-0.4, -0.2) is 42.4 Å². The summed E-state index contributed by atoms with van der Waals surface area (Å²) in [5.74, 6) is 0.367. The molecule has 2 atom stereocenters. The number of ether oxygens (including phenoxy) is 1. The molecule has 0 aliphatic rings. The van der Waals surface area contributed by atoms with Crippen molar-refractivity contribution in [2.24, 2.45) is 0 Å². The number of aliphatic hydroxyl groups excluding tert-OH is 2. The Labute approximate surface area is 135 Å². The molecule has 0 radical (unpaired) electrons. The lowest BCUT2D eigenvalue weighted by Gasteiger charge is -2.29. The quantitative estimate of drug-likeness (QED) is 0.823. The third-order valence-corrected chi connectivity index (χ3v) is 3.90. The second-order valence-corrected chi connectivity index (χ2v) is 5.48. The number of aliphatic hydroxyl groups is 2. The van der Waals surface area contributed by atoms with E-state index in [1.54, 1.807) is 19.2 Å². The maximum atomic E-state index is 13.2. The first-order valence-electron chi connectivity index (χ1n) is 7.43. The summed E-state index contributed by atoms with van der Waals surface area (Å²) in [5, 5.41) is 20.0. The SMILES string of the molecule is COc1ccc([C@@H](CO)N(C)C[C@@H](O)c2cccc(F)c2)cc1. The zero-order chi connectivity index (χ0) is 16.8. The van der Waals surface area contributed by atoms with Gasteiger partial charge in [0, 0.05) is 6.54 Å². The van der Waals surface area contributed by atoms with Gasteiger partial charge in [-0.05, 0) is 42.4 Å². The number of methoxy groups -OCH3 is 1. The van der Waals surface area contributed by atoms with Gasteiger partial charge in [0.05, 0.1) is 25.9 Å².